The minimum Gasteiger partial charge on any atom is -0.493 e. The average Bonchev–Trinajstić information content (AvgIpc) is 3.15. The topological polar surface area (TPSA) is 104 Å². The SMILES string of the molecule is COc1ccc(S(=O)(=O)NCc2nnc(-c3ccccc3F)o2)cc1OC. The summed E-state index contributed by atoms with van der Waals surface area (Å²) in [5.41, 5.74) is 0.138. The monoisotopic (exact) mass is 393 g/mol. The number of nitrogens with one attached hydrogen (secondary N) is 1. The van der Waals surface area contributed by atoms with Gasteiger partial charge < -0.3 is 13.9 Å². The molecule has 1 heterocycles. The third-order valence-corrected chi connectivity index (χ3v) is 5.05. The summed E-state index contributed by atoms with van der Waals surface area (Å²) >= 11 is 0. The molecule has 1 aromatic heterocycles. The Morgan fingerprint density at radius 3 is 2.52 bits per heavy atom. The van der Waals surface area contributed by atoms with Crippen molar-refractivity contribution in [3.05, 3.63) is 54.2 Å². The molecule has 3 aromatic rings. The lowest BCUT2D eigenvalue weighted by molar-refractivity contribution is 0.354. The molecule has 8 nitrogen and oxygen atoms in total. The predicted molar refractivity (Wildman–Crippen MR) is 93.3 cm³/mol. The van der Waals surface area contributed by atoms with Gasteiger partial charge in [0, 0.05) is 6.07 Å². The molecule has 0 saturated heterocycles. The number of halogens is 1. The molecular formula is C17H16FN3O5S. The lowest BCUT2D eigenvalue weighted by Crippen LogP contribution is -2.23. The first kappa shape index (κ1) is 18.8. The first-order valence-electron chi connectivity index (χ1n) is 7.73. The summed E-state index contributed by atoms with van der Waals surface area (Å²) in [7, 11) is -1.01. The van der Waals surface area contributed by atoms with E-state index in [0.29, 0.717) is 5.75 Å². The second-order valence-electron chi connectivity index (χ2n) is 5.32. The minimum absolute atomic E-state index is 0.00250. The zero-order chi connectivity index (χ0) is 19.4. The first-order valence-corrected chi connectivity index (χ1v) is 9.22. The molecule has 0 unspecified atom stereocenters. The highest BCUT2D eigenvalue weighted by atomic mass is 32.2. The van der Waals surface area contributed by atoms with Crippen molar-refractivity contribution in [2.75, 3.05) is 14.2 Å². The van der Waals surface area contributed by atoms with Crippen LogP contribution in [0.4, 0.5) is 4.39 Å². The highest BCUT2D eigenvalue weighted by Gasteiger charge is 2.19. The molecule has 0 saturated carbocycles. The van der Waals surface area contributed by atoms with Crippen LogP contribution in [0.3, 0.4) is 0 Å². The Bertz CT molecular complexity index is 1050. The van der Waals surface area contributed by atoms with Gasteiger partial charge >= 0.3 is 0 Å². The summed E-state index contributed by atoms with van der Waals surface area (Å²) in [6, 6.07) is 10.1. The maximum Gasteiger partial charge on any atom is 0.250 e. The summed E-state index contributed by atoms with van der Waals surface area (Å²) in [6.45, 7) is -0.252. The number of methoxy groups -OCH3 is 2. The van der Waals surface area contributed by atoms with Gasteiger partial charge in [-0.25, -0.2) is 17.5 Å². The summed E-state index contributed by atoms with van der Waals surface area (Å²) in [5, 5.41) is 7.48. The Hall–Kier alpha value is -2.98. The maximum atomic E-state index is 13.8. The van der Waals surface area contributed by atoms with E-state index < -0.39 is 15.8 Å². The molecule has 0 bridgehead atoms. The van der Waals surface area contributed by atoms with E-state index in [1.165, 1.54) is 50.6 Å². The van der Waals surface area contributed by atoms with Crippen LogP contribution in [-0.2, 0) is 16.6 Å². The van der Waals surface area contributed by atoms with Gasteiger partial charge in [0.2, 0.25) is 15.9 Å². The molecule has 0 atom stereocenters. The van der Waals surface area contributed by atoms with Crippen LogP contribution >= 0.6 is 0 Å². The molecule has 0 aliphatic rings. The highest BCUT2D eigenvalue weighted by Crippen LogP contribution is 2.29. The normalized spacial score (nSPS) is 11.4. The number of rotatable bonds is 7. The van der Waals surface area contributed by atoms with Gasteiger partial charge in [0.05, 0.1) is 31.2 Å². The van der Waals surface area contributed by atoms with E-state index >= 15 is 0 Å². The standard InChI is InChI=1S/C17H16FN3O5S/c1-24-14-8-7-11(9-15(14)25-2)27(22,23)19-10-16-20-21-17(26-16)12-5-3-4-6-13(12)18/h3-9,19H,10H2,1-2H3. The first-order chi connectivity index (χ1) is 12.9. The van der Waals surface area contributed by atoms with Crippen molar-refractivity contribution >= 4 is 10.0 Å². The third kappa shape index (κ3) is 4.07. The van der Waals surface area contributed by atoms with Crippen LogP contribution in [0.1, 0.15) is 5.89 Å². The van der Waals surface area contributed by atoms with Gasteiger partial charge in [0.25, 0.3) is 5.89 Å². The predicted octanol–water partition coefficient (Wildman–Crippen LogP) is 2.37. The van der Waals surface area contributed by atoms with E-state index in [2.05, 4.69) is 14.9 Å². The highest BCUT2D eigenvalue weighted by molar-refractivity contribution is 7.89. The Morgan fingerprint density at radius 2 is 1.81 bits per heavy atom. The van der Waals surface area contributed by atoms with Crippen molar-refractivity contribution < 1.29 is 26.7 Å². The molecular weight excluding hydrogens is 377 g/mol. The Labute approximate surface area is 155 Å². The van der Waals surface area contributed by atoms with E-state index in [9.17, 15) is 12.8 Å². The lowest BCUT2D eigenvalue weighted by atomic mass is 10.2. The van der Waals surface area contributed by atoms with Crippen LogP contribution in [0.2, 0.25) is 0 Å². The average molecular weight is 393 g/mol. The Kier molecular flexibility index (Phi) is 5.38. The van der Waals surface area contributed by atoms with E-state index in [-0.39, 0.29) is 34.5 Å². The molecule has 0 amide bonds. The van der Waals surface area contributed by atoms with Crippen LogP contribution in [0.25, 0.3) is 11.5 Å². The van der Waals surface area contributed by atoms with Crippen LogP contribution in [0, 0.1) is 5.82 Å². The van der Waals surface area contributed by atoms with Gasteiger partial charge in [-0.15, -0.1) is 10.2 Å². The van der Waals surface area contributed by atoms with E-state index in [4.69, 9.17) is 13.9 Å². The van der Waals surface area contributed by atoms with Gasteiger partial charge in [-0.2, -0.15) is 0 Å². The van der Waals surface area contributed by atoms with Crippen LogP contribution in [0.5, 0.6) is 11.5 Å². The zero-order valence-corrected chi connectivity index (χ0v) is 15.3. The fraction of sp³-hybridized carbons (Fsp3) is 0.176. The van der Waals surface area contributed by atoms with Crippen molar-refractivity contribution in [2.24, 2.45) is 0 Å². The number of hydrogen-bond acceptors (Lipinski definition) is 7. The number of sulfonamides is 1. The summed E-state index contributed by atoms with van der Waals surface area (Å²) in [4.78, 5) is -0.0195. The van der Waals surface area contributed by atoms with Gasteiger partial charge in [0.1, 0.15) is 5.82 Å². The summed E-state index contributed by atoms with van der Waals surface area (Å²) in [5.74, 6) is 0.132. The van der Waals surface area contributed by atoms with Crippen molar-refractivity contribution in [3.63, 3.8) is 0 Å². The molecule has 2 aromatic carbocycles. The van der Waals surface area contributed by atoms with Crippen molar-refractivity contribution in [1.29, 1.82) is 0 Å². The second-order valence-corrected chi connectivity index (χ2v) is 7.09. The lowest BCUT2D eigenvalue weighted by Gasteiger charge is -2.10. The van der Waals surface area contributed by atoms with E-state index in [1.807, 2.05) is 0 Å². The molecule has 1 N–H and O–H groups in total. The van der Waals surface area contributed by atoms with E-state index in [1.54, 1.807) is 6.07 Å². The number of nitrogens with zero attached hydrogens (tertiary/aromatic N) is 2. The summed E-state index contributed by atoms with van der Waals surface area (Å²) in [6.07, 6.45) is 0. The van der Waals surface area contributed by atoms with Crippen molar-refractivity contribution in [1.82, 2.24) is 14.9 Å². The molecule has 27 heavy (non-hydrogen) atoms. The third-order valence-electron chi connectivity index (χ3n) is 3.65. The second kappa shape index (κ2) is 7.72. The smallest absolute Gasteiger partial charge is 0.250 e. The van der Waals surface area contributed by atoms with Gasteiger partial charge in [0.15, 0.2) is 11.5 Å². The molecule has 142 valence electrons. The number of benzene rings is 2. The molecule has 0 aliphatic carbocycles. The largest absolute Gasteiger partial charge is 0.493 e. The van der Waals surface area contributed by atoms with Crippen molar-refractivity contribution in [3.8, 4) is 23.0 Å². The maximum absolute atomic E-state index is 13.8. The quantitative estimate of drug-likeness (QED) is 0.657. The van der Waals surface area contributed by atoms with Crippen LogP contribution < -0.4 is 14.2 Å². The molecule has 3 rings (SSSR count). The molecule has 0 fully saturated rings. The van der Waals surface area contributed by atoms with E-state index in [0.717, 1.165) is 0 Å². The zero-order valence-electron chi connectivity index (χ0n) is 14.5. The molecule has 0 spiro atoms. The fourth-order valence-corrected chi connectivity index (χ4v) is 3.28. The summed E-state index contributed by atoms with van der Waals surface area (Å²) < 4.78 is 56.5. The Morgan fingerprint density at radius 1 is 1.07 bits per heavy atom. The van der Waals surface area contributed by atoms with Crippen molar-refractivity contribution in [2.45, 2.75) is 11.4 Å². The fourth-order valence-electron chi connectivity index (χ4n) is 2.29. The number of hydrogen-bond donors (Lipinski definition) is 1. The molecule has 0 aliphatic heterocycles. The van der Waals surface area contributed by atoms with Crippen LogP contribution in [0.15, 0.2) is 51.8 Å². The Balaban J connectivity index is 1.76. The minimum atomic E-state index is -3.87. The molecule has 0 radical (unpaired) electrons. The number of aromatic nitrogens is 2. The number of ether oxygens (including phenoxy) is 2. The van der Waals surface area contributed by atoms with Crippen LogP contribution in [-0.4, -0.2) is 32.8 Å². The van der Waals surface area contributed by atoms with Gasteiger partial charge in [-0.1, -0.05) is 12.1 Å². The van der Waals surface area contributed by atoms with Gasteiger partial charge in [-0.3, -0.25) is 0 Å². The van der Waals surface area contributed by atoms with Gasteiger partial charge in [-0.05, 0) is 24.3 Å². The molecule has 10 heteroatoms.